The minimum Gasteiger partial charge on any atom is -0.398 e. The highest BCUT2D eigenvalue weighted by Gasteiger charge is 2.24. The number of aromatic nitrogens is 1. The van der Waals surface area contributed by atoms with E-state index < -0.39 is 15.8 Å². The first-order valence-corrected chi connectivity index (χ1v) is 7.68. The zero-order valence-corrected chi connectivity index (χ0v) is 11.7. The van der Waals surface area contributed by atoms with Gasteiger partial charge >= 0.3 is 0 Å². The first-order valence-electron chi connectivity index (χ1n) is 5.29. The second-order valence-corrected chi connectivity index (χ2v) is 6.66. The van der Waals surface area contributed by atoms with E-state index in [1.807, 2.05) is 0 Å². The molecule has 0 aliphatic carbocycles. The number of rotatable bonds is 4. The van der Waals surface area contributed by atoms with Crippen molar-refractivity contribution in [3.8, 4) is 0 Å². The molecule has 0 amide bonds. The van der Waals surface area contributed by atoms with Crippen LogP contribution in [0.5, 0.6) is 0 Å². The average Bonchev–Trinajstić information content (AvgIpc) is 2.81. The summed E-state index contributed by atoms with van der Waals surface area (Å²) in [5.41, 5.74) is 7.73. The van der Waals surface area contributed by atoms with Crippen LogP contribution in [0.3, 0.4) is 0 Å². The van der Waals surface area contributed by atoms with Crippen molar-refractivity contribution >= 4 is 27.0 Å². The van der Waals surface area contributed by atoms with Gasteiger partial charge in [0.2, 0.25) is 10.0 Å². The molecule has 0 saturated carbocycles. The van der Waals surface area contributed by atoms with E-state index in [-0.39, 0.29) is 17.1 Å². The summed E-state index contributed by atoms with van der Waals surface area (Å²) < 4.78 is 38.7. The summed E-state index contributed by atoms with van der Waals surface area (Å²) in [4.78, 5) is 3.92. The van der Waals surface area contributed by atoms with Gasteiger partial charge in [0.15, 0.2) is 0 Å². The lowest BCUT2D eigenvalue weighted by atomic mass is 10.3. The standard InChI is InChI=1S/C11H12FN3O2S2/c1-15(5-9-6-18-7-14-9)19(16,17)11-3-2-8(12)4-10(11)13/h2-4,6-7H,5,13H2,1H3. The third kappa shape index (κ3) is 2.91. The van der Waals surface area contributed by atoms with Crippen molar-refractivity contribution in [2.24, 2.45) is 0 Å². The Balaban J connectivity index is 2.31. The molecule has 0 aliphatic heterocycles. The summed E-state index contributed by atoms with van der Waals surface area (Å²) >= 11 is 1.39. The van der Waals surface area contributed by atoms with Gasteiger partial charge < -0.3 is 5.73 Å². The molecule has 0 saturated heterocycles. The lowest BCUT2D eigenvalue weighted by molar-refractivity contribution is 0.463. The molecule has 0 spiro atoms. The van der Waals surface area contributed by atoms with Crippen LogP contribution < -0.4 is 5.73 Å². The first kappa shape index (κ1) is 13.9. The van der Waals surface area contributed by atoms with E-state index in [1.165, 1.54) is 18.4 Å². The Bertz CT molecular complexity index is 671. The normalized spacial score (nSPS) is 11.9. The third-order valence-electron chi connectivity index (χ3n) is 2.53. The summed E-state index contributed by atoms with van der Waals surface area (Å²) in [6, 6.07) is 3.22. The van der Waals surface area contributed by atoms with Gasteiger partial charge in [-0.2, -0.15) is 4.31 Å². The van der Waals surface area contributed by atoms with Crippen LogP contribution >= 0.6 is 11.3 Å². The van der Waals surface area contributed by atoms with Crippen LogP contribution in [0, 0.1) is 5.82 Å². The Hall–Kier alpha value is -1.51. The number of thiazole rings is 1. The van der Waals surface area contributed by atoms with Crippen LogP contribution in [0.4, 0.5) is 10.1 Å². The number of anilines is 1. The summed E-state index contributed by atoms with van der Waals surface area (Å²) in [5.74, 6) is -0.571. The van der Waals surface area contributed by atoms with Gasteiger partial charge in [-0.1, -0.05) is 0 Å². The van der Waals surface area contributed by atoms with Crippen LogP contribution in [-0.4, -0.2) is 24.8 Å². The van der Waals surface area contributed by atoms with E-state index in [0.717, 1.165) is 22.5 Å². The molecular weight excluding hydrogens is 289 g/mol. The molecule has 0 fully saturated rings. The first-order chi connectivity index (χ1) is 8.91. The Labute approximate surface area is 114 Å². The van der Waals surface area contributed by atoms with Gasteiger partial charge in [0, 0.05) is 12.4 Å². The Morgan fingerprint density at radius 2 is 2.21 bits per heavy atom. The van der Waals surface area contributed by atoms with Crippen LogP contribution in [0.1, 0.15) is 5.69 Å². The predicted octanol–water partition coefficient (Wildman–Crippen LogP) is 1.69. The third-order valence-corrected chi connectivity index (χ3v) is 5.04. The fourth-order valence-electron chi connectivity index (χ4n) is 1.55. The van der Waals surface area contributed by atoms with Gasteiger partial charge in [0.25, 0.3) is 0 Å². The number of sulfonamides is 1. The SMILES string of the molecule is CN(Cc1cscn1)S(=O)(=O)c1ccc(F)cc1N. The molecule has 5 nitrogen and oxygen atoms in total. The number of nitrogens with two attached hydrogens (primary N) is 1. The fraction of sp³-hybridized carbons (Fsp3) is 0.182. The Morgan fingerprint density at radius 1 is 1.47 bits per heavy atom. The van der Waals surface area contributed by atoms with E-state index in [0.29, 0.717) is 5.69 Å². The van der Waals surface area contributed by atoms with Gasteiger partial charge in [-0.05, 0) is 18.2 Å². The number of hydrogen-bond acceptors (Lipinski definition) is 5. The molecule has 2 rings (SSSR count). The van der Waals surface area contributed by atoms with Crippen molar-refractivity contribution in [2.45, 2.75) is 11.4 Å². The zero-order valence-electron chi connectivity index (χ0n) is 10.1. The maximum Gasteiger partial charge on any atom is 0.245 e. The number of nitrogen functional groups attached to an aromatic ring is 1. The number of nitrogens with zero attached hydrogens (tertiary/aromatic N) is 2. The molecule has 1 aromatic carbocycles. The summed E-state index contributed by atoms with van der Waals surface area (Å²) in [6.07, 6.45) is 0. The number of benzene rings is 1. The minimum absolute atomic E-state index is 0.105. The molecule has 0 unspecified atom stereocenters. The van der Waals surface area contributed by atoms with Gasteiger partial charge in [0.1, 0.15) is 10.7 Å². The van der Waals surface area contributed by atoms with Crippen molar-refractivity contribution in [1.82, 2.24) is 9.29 Å². The molecule has 2 N–H and O–H groups in total. The number of hydrogen-bond donors (Lipinski definition) is 1. The van der Waals surface area contributed by atoms with Crippen molar-refractivity contribution in [3.63, 3.8) is 0 Å². The fourth-order valence-corrected chi connectivity index (χ4v) is 3.34. The van der Waals surface area contributed by atoms with Gasteiger partial charge in [-0.3, -0.25) is 0 Å². The molecule has 1 heterocycles. The largest absolute Gasteiger partial charge is 0.398 e. The molecule has 0 aliphatic rings. The smallest absolute Gasteiger partial charge is 0.245 e. The van der Waals surface area contributed by atoms with E-state index in [4.69, 9.17) is 5.73 Å². The van der Waals surface area contributed by atoms with E-state index in [9.17, 15) is 12.8 Å². The highest BCUT2D eigenvalue weighted by atomic mass is 32.2. The van der Waals surface area contributed by atoms with Crippen molar-refractivity contribution < 1.29 is 12.8 Å². The van der Waals surface area contributed by atoms with Crippen LogP contribution in [-0.2, 0) is 16.6 Å². The lowest BCUT2D eigenvalue weighted by Gasteiger charge is -2.17. The average molecular weight is 301 g/mol. The van der Waals surface area contributed by atoms with Crippen molar-refractivity contribution in [2.75, 3.05) is 12.8 Å². The summed E-state index contributed by atoms with van der Waals surface area (Å²) in [6.45, 7) is 0.142. The van der Waals surface area contributed by atoms with Gasteiger partial charge in [-0.25, -0.2) is 17.8 Å². The van der Waals surface area contributed by atoms with Crippen LogP contribution in [0.15, 0.2) is 34.0 Å². The maximum atomic E-state index is 12.9. The molecule has 2 aromatic rings. The van der Waals surface area contributed by atoms with Crippen molar-refractivity contribution in [3.05, 3.63) is 40.6 Å². The van der Waals surface area contributed by atoms with Crippen LogP contribution in [0.25, 0.3) is 0 Å². The maximum absolute atomic E-state index is 12.9. The van der Waals surface area contributed by atoms with E-state index in [2.05, 4.69) is 4.98 Å². The van der Waals surface area contributed by atoms with E-state index >= 15 is 0 Å². The molecule has 0 atom stereocenters. The predicted molar refractivity (Wildman–Crippen MR) is 71.6 cm³/mol. The Morgan fingerprint density at radius 3 is 2.79 bits per heavy atom. The molecule has 19 heavy (non-hydrogen) atoms. The number of halogens is 1. The van der Waals surface area contributed by atoms with Gasteiger partial charge in [-0.15, -0.1) is 11.3 Å². The summed E-state index contributed by atoms with van der Waals surface area (Å²) in [7, 11) is -2.33. The quantitative estimate of drug-likeness (QED) is 0.872. The highest BCUT2D eigenvalue weighted by Crippen LogP contribution is 2.23. The van der Waals surface area contributed by atoms with Gasteiger partial charge in [0.05, 0.1) is 23.4 Å². The second-order valence-electron chi connectivity index (χ2n) is 3.92. The monoisotopic (exact) mass is 301 g/mol. The lowest BCUT2D eigenvalue weighted by Crippen LogP contribution is -2.27. The zero-order chi connectivity index (χ0) is 14.0. The highest BCUT2D eigenvalue weighted by molar-refractivity contribution is 7.89. The molecule has 0 bridgehead atoms. The topological polar surface area (TPSA) is 76.3 Å². The Kier molecular flexibility index (Phi) is 3.83. The van der Waals surface area contributed by atoms with E-state index in [1.54, 1.807) is 10.9 Å². The van der Waals surface area contributed by atoms with Crippen molar-refractivity contribution in [1.29, 1.82) is 0 Å². The molecule has 8 heteroatoms. The minimum atomic E-state index is -3.76. The molecule has 0 radical (unpaired) electrons. The second kappa shape index (κ2) is 5.24. The molecule has 102 valence electrons. The van der Waals surface area contributed by atoms with Crippen LogP contribution in [0.2, 0.25) is 0 Å². The molecular formula is C11H12FN3O2S2. The summed E-state index contributed by atoms with van der Waals surface area (Å²) in [5, 5.41) is 1.76. The molecule has 1 aromatic heterocycles.